The quantitative estimate of drug-likeness (QED) is 0.646. The van der Waals surface area contributed by atoms with Crippen LogP contribution in [0.4, 0.5) is 0 Å². The van der Waals surface area contributed by atoms with Crippen molar-refractivity contribution in [3.8, 4) is 17.2 Å². The first kappa shape index (κ1) is 13.9. The van der Waals surface area contributed by atoms with Gasteiger partial charge in [-0.15, -0.1) is 11.3 Å². The van der Waals surface area contributed by atoms with Crippen LogP contribution in [0.1, 0.15) is 10.4 Å². The summed E-state index contributed by atoms with van der Waals surface area (Å²) in [5.74, 6) is 1.11. The van der Waals surface area contributed by atoms with Gasteiger partial charge < -0.3 is 14.0 Å². The molecule has 0 atom stereocenters. The van der Waals surface area contributed by atoms with Gasteiger partial charge in [0.25, 0.3) is 5.88 Å². The molecule has 3 aromatic rings. The van der Waals surface area contributed by atoms with E-state index in [0.29, 0.717) is 11.6 Å². The molecule has 0 saturated carbocycles. The van der Waals surface area contributed by atoms with E-state index in [1.54, 1.807) is 24.5 Å². The molecule has 2 aromatic heterocycles. The largest absolute Gasteiger partial charge is 0.448 e. The van der Waals surface area contributed by atoms with Gasteiger partial charge in [0.2, 0.25) is 0 Å². The summed E-state index contributed by atoms with van der Waals surface area (Å²) in [4.78, 5) is 1.36. The van der Waals surface area contributed by atoms with Gasteiger partial charge in [0.1, 0.15) is 0 Å². The lowest BCUT2D eigenvalue weighted by atomic mass is 10.1. The van der Waals surface area contributed by atoms with Gasteiger partial charge in [0, 0.05) is 30.0 Å². The zero-order chi connectivity index (χ0) is 14.5. The summed E-state index contributed by atoms with van der Waals surface area (Å²) in [5, 5.41) is 5.93. The Balaban J connectivity index is 1.70. The van der Waals surface area contributed by atoms with Crippen LogP contribution in [0.5, 0.6) is 5.88 Å². The third kappa shape index (κ3) is 3.51. The number of hydrogen-bond acceptors (Lipinski definition) is 5. The molecule has 3 rings (SSSR count). The third-order valence-corrected chi connectivity index (χ3v) is 3.89. The van der Waals surface area contributed by atoms with Gasteiger partial charge in [0.05, 0.1) is 0 Å². The maximum Gasteiger partial charge on any atom is 0.256 e. The number of benzene rings is 1. The summed E-state index contributed by atoms with van der Waals surface area (Å²) in [6.45, 7) is 0.158. The smallest absolute Gasteiger partial charge is 0.256 e. The Hall–Kier alpha value is -2.11. The second kappa shape index (κ2) is 6.56. The Kier molecular flexibility index (Phi) is 4.33. The standard InChI is InChI=1S/C16H15NO3S/c1-18-11-19-16-10-15(20-17-16)13-6-4-12(5-7-13)9-14-3-2-8-21-14/h2-8,10H,9,11H2,1H3. The lowest BCUT2D eigenvalue weighted by Gasteiger charge is -2.00. The number of thiophene rings is 1. The molecule has 0 aliphatic heterocycles. The zero-order valence-electron chi connectivity index (χ0n) is 11.6. The SMILES string of the molecule is COCOc1cc(-c2ccc(Cc3cccs3)cc2)on1. The average Bonchev–Trinajstić information content (AvgIpc) is 3.17. The molecule has 108 valence electrons. The topological polar surface area (TPSA) is 44.5 Å². The molecular formula is C16H15NO3S. The van der Waals surface area contributed by atoms with E-state index < -0.39 is 0 Å². The minimum Gasteiger partial charge on any atom is -0.448 e. The first-order chi connectivity index (χ1) is 10.3. The zero-order valence-corrected chi connectivity index (χ0v) is 12.4. The van der Waals surface area contributed by atoms with E-state index in [4.69, 9.17) is 14.0 Å². The van der Waals surface area contributed by atoms with E-state index in [1.165, 1.54) is 10.4 Å². The highest BCUT2D eigenvalue weighted by Gasteiger charge is 2.07. The molecule has 1 aromatic carbocycles. The second-order valence-electron chi connectivity index (χ2n) is 4.53. The Labute approximate surface area is 126 Å². The molecule has 0 unspecified atom stereocenters. The molecule has 2 heterocycles. The number of hydrogen-bond donors (Lipinski definition) is 0. The second-order valence-corrected chi connectivity index (χ2v) is 5.57. The van der Waals surface area contributed by atoms with Crippen LogP contribution in [0, 0.1) is 0 Å². The highest BCUT2D eigenvalue weighted by atomic mass is 32.1. The molecule has 5 heteroatoms. The van der Waals surface area contributed by atoms with Crippen LogP contribution in [-0.4, -0.2) is 19.1 Å². The lowest BCUT2D eigenvalue weighted by Crippen LogP contribution is -1.98. The van der Waals surface area contributed by atoms with Crippen LogP contribution in [-0.2, 0) is 11.2 Å². The minimum atomic E-state index is 0.158. The highest BCUT2D eigenvalue weighted by molar-refractivity contribution is 7.09. The fraction of sp³-hybridized carbons (Fsp3) is 0.188. The Morgan fingerprint density at radius 1 is 1.19 bits per heavy atom. The molecular weight excluding hydrogens is 286 g/mol. The van der Waals surface area contributed by atoms with Crippen molar-refractivity contribution in [2.24, 2.45) is 0 Å². The molecule has 0 spiro atoms. The Bertz CT molecular complexity index is 674. The van der Waals surface area contributed by atoms with E-state index in [1.807, 2.05) is 12.1 Å². The number of nitrogens with zero attached hydrogens (tertiary/aromatic N) is 1. The van der Waals surface area contributed by atoms with Gasteiger partial charge in [-0.05, 0) is 22.2 Å². The van der Waals surface area contributed by atoms with Gasteiger partial charge in [-0.2, -0.15) is 0 Å². The van der Waals surface area contributed by atoms with Crippen molar-refractivity contribution < 1.29 is 14.0 Å². The molecule has 0 fully saturated rings. The van der Waals surface area contributed by atoms with Crippen LogP contribution in [0.3, 0.4) is 0 Å². The average molecular weight is 301 g/mol. The molecule has 0 radical (unpaired) electrons. The van der Waals surface area contributed by atoms with Crippen LogP contribution >= 0.6 is 11.3 Å². The van der Waals surface area contributed by atoms with Crippen molar-refractivity contribution in [3.05, 3.63) is 58.3 Å². The predicted molar refractivity (Wildman–Crippen MR) is 81.6 cm³/mol. The minimum absolute atomic E-state index is 0.158. The van der Waals surface area contributed by atoms with E-state index in [9.17, 15) is 0 Å². The molecule has 0 saturated heterocycles. The maximum absolute atomic E-state index is 5.27. The third-order valence-electron chi connectivity index (χ3n) is 3.01. The molecule has 4 nitrogen and oxygen atoms in total. The van der Waals surface area contributed by atoms with Crippen LogP contribution in [0.25, 0.3) is 11.3 Å². The van der Waals surface area contributed by atoms with Gasteiger partial charge in [-0.25, -0.2) is 0 Å². The molecule has 0 N–H and O–H groups in total. The number of rotatable bonds is 6. The summed E-state index contributed by atoms with van der Waals surface area (Å²) >= 11 is 1.77. The van der Waals surface area contributed by atoms with E-state index >= 15 is 0 Å². The van der Waals surface area contributed by atoms with Gasteiger partial charge >= 0.3 is 0 Å². The Morgan fingerprint density at radius 3 is 2.76 bits per heavy atom. The molecule has 0 aliphatic rings. The van der Waals surface area contributed by atoms with Crippen LogP contribution in [0.2, 0.25) is 0 Å². The summed E-state index contributed by atoms with van der Waals surface area (Å²) in [7, 11) is 1.56. The van der Waals surface area contributed by atoms with Crippen molar-refractivity contribution in [1.29, 1.82) is 0 Å². The van der Waals surface area contributed by atoms with Gasteiger partial charge in [-0.1, -0.05) is 30.3 Å². The number of methoxy groups -OCH3 is 1. The maximum atomic E-state index is 5.27. The van der Waals surface area contributed by atoms with E-state index in [-0.39, 0.29) is 6.79 Å². The molecule has 0 bridgehead atoms. The Morgan fingerprint density at radius 2 is 2.05 bits per heavy atom. The fourth-order valence-electron chi connectivity index (χ4n) is 1.98. The summed E-state index contributed by atoms with van der Waals surface area (Å²) in [6.07, 6.45) is 0.955. The summed E-state index contributed by atoms with van der Waals surface area (Å²) in [5.41, 5.74) is 2.25. The monoisotopic (exact) mass is 301 g/mol. The number of ether oxygens (including phenoxy) is 2. The summed E-state index contributed by atoms with van der Waals surface area (Å²) in [6, 6.07) is 14.2. The van der Waals surface area contributed by atoms with E-state index in [2.05, 4.69) is 34.8 Å². The highest BCUT2D eigenvalue weighted by Crippen LogP contribution is 2.25. The lowest BCUT2D eigenvalue weighted by molar-refractivity contribution is 0.0453. The van der Waals surface area contributed by atoms with Crippen LogP contribution < -0.4 is 4.74 Å². The van der Waals surface area contributed by atoms with Crippen molar-refractivity contribution in [3.63, 3.8) is 0 Å². The predicted octanol–water partition coefficient (Wildman–Crippen LogP) is 3.98. The van der Waals surface area contributed by atoms with Crippen molar-refractivity contribution in [1.82, 2.24) is 5.16 Å². The molecule has 0 aliphatic carbocycles. The normalized spacial score (nSPS) is 10.7. The van der Waals surface area contributed by atoms with Gasteiger partial charge in [0.15, 0.2) is 12.6 Å². The van der Waals surface area contributed by atoms with Crippen molar-refractivity contribution in [2.45, 2.75) is 6.42 Å². The first-order valence-electron chi connectivity index (χ1n) is 6.55. The number of aromatic nitrogens is 1. The molecule has 21 heavy (non-hydrogen) atoms. The first-order valence-corrected chi connectivity index (χ1v) is 7.43. The van der Waals surface area contributed by atoms with Gasteiger partial charge in [-0.3, -0.25) is 0 Å². The van der Waals surface area contributed by atoms with Crippen molar-refractivity contribution >= 4 is 11.3 Å². The van der Waals surface area contributed by atoms with Crippen molar-refractivity contribution in [2.75, 3.05) is 13.9 Å². The van der Waals surface area contributed by atoms with E-state index in [0.717, 1.165) is 12.0 Å². The summed E-state index contributed by atoms with van der Waals surface area (Å²) < 4.78 is 15.3. The molecule has 0 amide bonds. The van der Waals surface area contributed by atoms with Crippen LogP contribution in [0.15, 0.2) is 52.4 Å². The fourth-order valence-corrected chi connectivity index (χ4v) is 2.72.